The quantitative estimate of drug-likeness (QED) is 0.214. The maximum atomic E-state index is 12.8. The molecule has 0 spiro atoms. The number of carboxylic acid groups (broad SMARTS) is 1. The lowest BCUT2D eigenvalue weighted by atomic mass is 9.71. The number of carbonyl (C=O) groups excluding carboxylic acids is 1. The van der Waals surface area contributed by atoms with Crippen LogP contribution in [-0.2, 0) is 16.6 Å². The second kappa shape index (κ2) is 12.4. The fraction of sp³-hybridized carbons (Fsp3) is 0.389. The summed E-state index contributed by atoms with van der Waals surface area (Å²) < 4.78 is 0. The largest absolute Gasteiger partial charge is 0.480 e. The second-order valence-electron chi connectivity index (χ2n) is 13.5. The van der Waals surface area contributed by atoms with Gasteiger partial charge in [-0.1, -0.05) is 83.1 Å². The third-order valence-corrected chi connectivity index (χ3v) is 10.0. The minimum Gasteiger partial charge on any atom is -0.480 e. The van der Waals surface area contributed by atoms with Crippen molar-refractivity contribution in [1.82, 2.24) is 15.3 Å². The van der Waals surface area contributed by atoms with Crippen molar-refractivity contribution in [3.63, 3.8) is 0 Å². The van der Waals surface area contributed by atoms with Crippen LogP contribution in [0.25, 0.3) is 22.5 Å². The van der Waals surface area contributed by atoms with Gasteiger partial charge in [-0.3, -0.25) is 4.79 Å². The number of hydrogen-bond donors (Lipinski definition) is 2. The molecule has 43 heavy (non-hydrogen) atoms. The highest BCUT2D eigenvalue weighted by molar-refractivity contribution is 7.14. The lowest BCUT2D eigenvalue weighted by molar-refractivity contribution is -0.139. The van der Waals surface area contributed by atoms with Crippen LogP contribution >= 0.6 is 11.3 Å². The summed E-state index contributed by atoms with van der Waals surface area (Å²) in [6, 6.07) is 19.0. The molecule has 224 valence electrons. The Morgan fingerprint density at radius 2 is 1.51 bits per heavy atom. The molecule has 5 rings (SSSR count). The van der Waals surface area contributed by atoms with Crippen molar-refractivity contribution in [2.24, 2.45) is 5.41 Å². The van der Waals surface area contributed by atoms with Crippen LogP contribution in [0.15, 0.2) is 73.1 Å². The number of nitrogens with one attached hydrogen (secondary N) is 1. The SMILES string of the molecule is CC1(C)CCC(c2ccc(-c3cnc(-c4ccc(C[C@H](NC(=O)c5ccc(C(C)(C)C)s5)C(=O)O)cc4)nc3)cc2)CC1. The normalized spacial score (nSPS) is 16.0. The Labute approximate surface area is 258 Å². The van der Waals surface area contributed by atoms with E-state index < -0.39 is 12.0 Å². The Balaban J connectivity index is 1.20. The van der Waals surface area contributed by atoms with Gasteiger partial charge in [-0.15, -0.1) is 11.3 Å². The first-order valence-corrected chi connectivity index (χ1v) is 15.9. The van der Waals surface area contributed by atoms with Crippen LogP contribution in [0, 0.1) is 5.41 Å². The van der Waals surface area contributed by atoms with Crippen molar-refractivity contribution in [1.29, 1.82) is 0 Å². The molecule has 1 aliphatic carbocycles. The van der Waals surface area contributed by atoms with Gasteiger partial charge < -0.3 is 10.4 Å². The zero-order valence-electron chi connectivity index (χ0n) is 25.7. The Hall–Kier alpha value is -3.84. The zero-order chi connectivity index (χ0) is 30.8. The van der Waals surface area contributed by atoms with E-state index in [0.717, 1.165) is 27.1 Å². The Morgan fingerprint density at radius 3 is 2.07 bits per heavy atom. The number of carboxylic acids is 1. The predicted molar refractivity (Wildman–Crippen MR) is 174 cm³/mol. The van der Waals surface area contributed by atoms with E-state index >= 15 is 0 Å². The van der Waals surface area contributed by atoms with E-state index in [1.54, 1.807) is 6.07 Å². The van der Waals surface area contributed by atoms with Crippen molar-refractivity contribution in [2.45, 2.75) is 84.1 Å². The van der Waals surface area contributed by atoms with Gasteiger partial charge in [0.05, 0.1) is 4.88 Å². The molecule has 2 aromatic heterocycles. The van der Waals surface area contributed by atoms with Gasteiger partial charge in [0, 0.05) is 34.8 Å². The van der Waals surface area contributed by atoms with Crippen molar-refractivity contribution in [3.8, 4) is 22.5 Å². The molecule has 1 fully saturated rings. The molecule has 0 aliphatic heterocycles. The number of amides is 1. The van der Waals surface area contributed by atoms with E-state index in [0.29, 0.717) is 22.0 Å². The molecule has 0 unspecified atom stereocenters. The summed E-state index contributed by atoms with van der Waals surface area (Å²) in [6.07, 6.45) is 8.93. The molecule has 1 saturated carbocycles. The summed E-state index contributed by atoms with van der Waals surface area (Å²) in [6.45, 7) is 11.0. The van der Waals surface area contributed by atoms with Gasteiger partial charge >= 0.3 is 5.97 Å². The van der Waals surface area contributed by atoms with E-state index in [4.69, 9.17) is 0 Å². The van der Waals surface area contributed by atoms with Crippen molar-refractivity contribution >= 4 is 23.2 Å². The first-order chi connectivity index (χ1) is 20.4. The number of aromatic nitrogens is 2. The molecule has 4 aromatic rings. The maximum Gasteiger partial charge on any atom is 0.326 e. The smallest absolute Gasteiger partial charge is 0.326 e. The van der Waals surface area contributed by atoms with Gasteiger partial charge in [0.15, 0.2) is 5.82 Å². The molecule has 7 heteroatoms. The summed E-state index contributed by atoms with van der Waals surface area (Å²) in [4.78, 5) is 35.5. The predicted octanol–water partition coefficient (Wildman–Crippen LogP) is 8.28. The van der Waals surface area contributed by atoms with E-state index in [1.165, 1.54) is 42.6 Å². The highest BCUT2D eigenvalue weighted by Crippen LogP contribution is 2.42. The standard InChI is InChI=1S/C36H41N3O3S/c1-35(2,3)31-15-14-30(43-31)33(40)39-29(34(41)42)20-23-6-8-27(9-7-23)32-37-21-28(22-38-32)25-12-10-24(11-13-25)26-16-18-36(4,5)19-17-26/h6-15,21-22,26,29H,16-20H2,1-5H3,(H,39,40)(H,41,42)/t29-/m0/s1. The summed E-state index contributed by atoms with van der Waals surface area (Å²) >= 11 is 1.39. The molecule has 0 radical (unpaired) electrons. The molecular formula is C36H41N3O3S. The zero-order valence-corrected chi connectivity index (χ0v) is 26.5. The maximum absolute atomic E-state index is 12.8. The van der Waals surface area contributed by atoms with E-state index in [9.17, 15) is 14.7 Å². The molecule has 0 bridgehead atoms. The molecule has 6 nitrogen and oxygen atoms in total. The lowest BCUT2D eigenvalue weighted by Crippen LogP contribution is -2.42. The van der Waals surface area contributed by atoms with Crippen molar-refractivity contribution < 1.29 is 14.7 Å². The summed E-state index contributed by atoms with van der Waals surface area (Å²) in [5, 5.41) is 12.5. The van der Waals surface area contributed by atoms with Crippen molar-refractivity contribution in [2.75, 3.05) is 0 Å². The van der Waals surface area contributed by atoms with E-state index in [1.807, 2.05) is 42.7 Å². The lowest BCUT2D eigenvalue weighted by Gasteiger charge is -2.34. The molecule has 2 aromatic carbocycles. The van der Waals surface area contributed by atoms with E-state index in [-0.39, 0.29) is 17.7 Å². The second-order valence-corrected chi connectivity index (χ2v) is 14.6. The van der Waals surface area contributed by atoms with Gasteiger partial charge in [0.2, 0.25) is 0 Å². The number of benzene rings is 2. The van der Waals surface area contributed by atoms with Crippen LogP contribution in [0.4, 0.5) is 0 Å². The van der Waals surface area contributed by atoms with Gasteiger partial charge in [-0.05, 0) is 71.3 Å². The van der Waals surface area contributed by atoms with E-state index in [2.05, 4.69) is 74.2 Å². The average molecular weight is 596 g/mol. The number of nitrogens with zero attached hydrogens (tertiary/aromatic N) is 2. The molecule has 2 N–H and O–H groups in total. The monoisotopic (exact) mass is 595 g/mol. The molecule has 1 atom stereocenters. The fourth-order valence-corrected chi connectivity index (χ4v) is 6.59. The third-order valence-electron chi connectivity index (χ3n) is 8.53. The van der Waals surface area contributed by atoms with Gasteiger partial charge in [-0.2, -0.15) is 0 Å². The van der Waals surface area contributed by atoms with Crippen molar-refractivity contribution in [3.05, 3.63) is 93.9 Å². The number of carbonyl (C=O) groups is 2. The summed E-state index contributed by atoms with van der Waals surface area (Å²) in [7, 11) is 0. The fourth-order valence-electron chi connectivity index (χ4n) is 5.62. The van der Waals surface area contributed by atoms with Crippen LogP contribution in [0.5, 0.6) is 0 Å². The van der Waals surface area contributed by atoms with Gasteiger partial charge in [-0.25, -0.2) is 14.8 Å². The average Bonchev–Trinajstić information content (AvgIpc) is 3.49. The molecule has 0 saturated heterocycles. The Kier molecular flexibility index (Phi) is 8.84. The first-order valence-electron chi connectivity index (χ1n) is 15.0. The minimum atomic E-state index is -1.07. The first kappa shape index (κ1) is 30.6. The highest BCUT2D eigenvalue weighted by Gasteiger charge is 2.27. The number of thiophene rings is 1. The number of rotatable bonds is 8. The Morgan fingerprint density at radius 1 is 0.907 bits per heavy atom. The minimum absolute atomic E-state index is 0.0705. The van der Waals surface area contributed by atoms with Crippen LogP contribution < -0.4 is 5.32 Å². The third kappa shape index (κ3) is 7.57. The number of aliphatic carboxylic acids is 1. The summed E-state index contributed by atoms with van der Waals surface area (Å²) in [5.41, 5.74) is 5.53. The van der Waals surface area contributed by atoms with Gasteiger partial charge in [0.1, 0.15) is 6.04 Å². The van der Waals surface area contributed by atoms with Crippen LogP contribution in [-0.4, -0.2) is 33.0 Å². The molecule has 1 amide bonds. The Bertz CT molecular complexity index is 1560. The topological polar surface area (TPSA) is 92.2 Å². The van der Waals surface area contributed by atoms with Crippen LogP contribution in [0.1, 0.15) is 91.9 Å². The number of hydrogen-bond acceptors (Lipinski definition) is 5. The van der Waals surface area contributed by atoms with Crippen LogP contribution in [0.2, 0.25) is 0 Å². The highest BCUT2D eigenvalue weighted by atomic mass is 32.1. The summed E-state index contributed by atoms with van der Waals surface area (Å²) in [5.74, 6) is -0.189. The van der Waals surface area contributed by atoms with Crippen LogP contribution in [0.3, 0.4) is 0 Å². The molecule has 2 heterocycles. The molecule has 1 aliphatic rings. The van der Waals surface area contributed by atoms with Gasteiger partial charge in [0.25, 0.3) is 5.91 Å². The molecular weight excluding hydrogens is 554 g/mol.